The first kappa shape index (κ1) is 30.5. The molecule has 0 fully saturated rings. The van der Waals surface area contributed by atoms with Crippen LogP contribution < -0.4 is 0 Å². The van der Waals surface area contributed by atoms with Gasteiger partial charge >= 0.3 is 0 Å². The van der Waals surface area contributed by atoms with Crippen LogP contribution in [0.15, 0.2) is 176 Å². The highest BCUT2D eigenvalue weighted by Crippen LogP contribution is 2.46. The van der Waals surface area contributed by atoms with Gasteiger partial charge in [0.05, 0.1) is 11.6 Å². The molecule has 0 spiro atoms. The second-order valence-corrected chi connectivity index (χ2v) is 15.2. The van der Waals surface area contributed by atoms with Crippen LogP contribution in [-0.2, 0) is 0 Å². The molecule has 0 bridgehead atoms. The van der Waals surface area contributed by atoms with Crippen molar-refractivity contribution in [3.05, 3.63) is 181 Å². The van der Waals surface area contributed by atoms with E-state index < -0.39 is 0 Å². The Morgan fingerprint density at radius 1 is 0.308 bits per heavy atom. The fourth-order valence-corrected chi connectivity index (χ4v) is 10.4. The predicted molar refractivity (Wildman–Crippen MR) is 224 cm³/mol. The predicted octanol–water partition coefficient (Wildman–Crippen LogP) is 14.6. The molecule has 1 nitrogen and oxygen atoms in total. The van der Waals surface area contributed by atoms with Gasteiger partial charge in [-0.3, -0.25) is 0 Å². The maximum Gasteiger partial charge on any atom is 0.0992 e. The summed E-state index contributed by atoms with van der Waals surface area (Å²) >= 11 is 3.71. The molecule has 0 N–H and O–H groups in total. The lowest BCUT2D eigenvalue weighted by molar-refractivity contribution is 1.48. The zero-order valence-corrected chi connectivity index (χ0v) is 29.6. The van der Waals surface area contributed by atoms with Crippen LogP contribution in [0.5, 0.6) is 0 Å². The summed E-state index contributed by atoms with van der Waals surface area (Å²) in [6.07, 6.45) is 0. The molecule has 3 heteroatoms. The van der Waals surface area contributed by atoms with Gasteiger partial charge in [0.1, 0.15) is 0 Å². The SMILES string of the molecule is N#Cc1cc(-c2cccc(-c3cccc4c3sc3c(-c5ccccc5)cccc34)c2)cc(-c2cccc3c2sc2c(-c4ccccc4)cccc23)c1. The molecule has 0 saturated heterocycles. The lowest BCUT2D eigenvalue weighted by Gasteiger charge is -2.11. The third kappa shape index (κ3) is 5.04. The number of rotatable bonds is 5. The molecule has 2 heterocycles. The van der Waals surface area contributed by atoms with E-state index in [1.807, 2.05) is 34.8 Å². The van der Waals surface area contributed by atoms with Crippen LogP contribution >= 0.6 is 22.7 Å². The van der Waals surface area contributed by atoms with E-state index in [-0.39, 0.29) is 0 Å². The molecule has 0 unspecified atom stereocenters. The highest BCUT2D eigenvalue weighted by Gasteiger charge is 2.17. The largest absolute Gasteiger partial charge is 0.192 e. The Morgan fingerprint density at radius 3 is 1.15 bits per heavy atom. The van der Waals surface area contributed by atoms with Crippen LogP contribution in [0, 0.1) is 11.3 Å². The van der Waals surface area contributed by atoms with E-state index in [1.165, 1.54) is 73.7 Å². The topological polar surface area (TPSA) is 23.8 Å². The zero-order chi connectivity index (χ0) is 34.6. The first-order valence-corrected chi connectivity index (χ1v) is 19.0. The zero-order valence-electron chi connectivity index (χ0n) is 28.0. The Morgan fingerprint density at radius 2 is 0.673 bits per heavy atom. The molecule has 0 saturated carbocycles. The van der Waals surface area contributed by atoms with Crippen LogP contribution in [-0.4, -0.2) is 0 Å². The number of nitriles is 1. The number of hydrogen-bond donors (Lipinski definition) is 0. The van der Waals surface area contributed by atoms with Gasteiger partial charge in [0.2, 0.25) is 0 Å². The molecule has 52 heavy (non-hydrogen) atoms. The molecule has 0 atom stereocenters. The molecule has 242 valence electrons. The number of fused-ring (bicyclic) bond motifs is 6. The summed E-state index contributed by atoms with van der Waals surface area (Å²) in [5.74, 6) is 0. The van der Waals surface area contributed by atoms with E-state index >= 15 is 0 Å². The van der Waals surface area contributed by atoms with Crippen molar-refractivity contribution in [2.24, 2.45) is 0 Å². The molecule has 0 aliphatic rings. The van der Waals surface area contributed by atoms with E-state index in [9.17, 15) is 5.26 Å². The maximum atomic E-state index is 10.2. The van der Waals surface area contributed by atoms with Crippen molar-refractivity contribution in [1.82, 2.24) is 0 Å². The standard InChI is InChI=1S/C49H29NS2/c50-30-31-26-36(29-37(27-31)41-21-11-25-45-43-23-9-19-39(47(43)52-49(41)45)33-14-5-2-6-15-33)34-16-7-17-35(28-34)40-20-10-24-44-42-22-8-18-38(46(42)51-48(40)44)32-12-3-1-4-13-32/h1-29H. The van der Waals surface area contributed by atoms with E-state index in [0.29, 0.717) is 5.56 Å². The molecule has 8 aromatic carbocycles. The second-order valence-electron chi connectivity index (χ2n) is 13.2. The van der Waals surface area contributed by atoms with Crippen molar-refractivity contribution in [2.75, 3.05) is 0 Å². The van der Waals surface area contributed by atoms with Gasteiger partial charge < -0.3 is 0 Å². The summed E-state index contributed by atoms with van der Waals surface area (Å²) in [5, 5.41) is 15.3. The molecular weight excluding hydrogens is 667 g/mol. The molecule has 10 aromatic rings. The molecule has 2 aromatic heterocycles. The van der Waals surface area contributed by atoms with Crippen LogP contribution in [0.25, 0.3) is 96.0 Å². The minimum Gasteiger partial charge on any atom is -0.192 e. The van der Waals surface area contributed by atoms with Crippen LogP contribution in [0.4, 0.5) is 0 Å². The lowest BCUT2D eigenvalue weighted by Crippen LogP contribution is -1.87. The first-order chi connectivity index (χ1) is 25.7. The number of hydrogen-bond acceptors (Lipinski definition) is 3. The van der Waals surface area contributed by atoms with Gasteiger partial charge in [-0.1, -0.05) is 152 Å². The highest BCUT2D eigenvalue weighted by atomic mass is 32.1. The van der Waals surface area contributed by atoms with E-state index in [4.69, 9.17) is 0 Å². The molecule has 0 aliphatic carbocycles. The normalized spacial score (nSPS) is 11.4. The Bertz CT molecular complexity index is 3020. The highest BCUT2D eigenvalue weighted by molar-refractivity contribution is 7.27. The summed E-state index contributed by atoms with van der Waals surface area (Å²) in [5.41, 5.74) is 12.3. The van der Waals surface area contributed by atoms with Gasteiger partial charge in [-0.15, -0.1) is 22.7 Å². The number of nitrogens with zero attached hydrogens (tertiary/aromatic N) is 1. The van der Waals surface area contributed by atoms with E-state index in [0.717, 1.165) is 22.3 Å². The average Bonchev–Trinajstić information content (AvgIpc) is 3.80. The Kier molecular flexibility index (Phi) is 7.32. The van der Waals surface area contributed by atoms with Crippen molar-refractivity contribution in [1.29, 1.82) is 5.26 Å². The maximum absolute atomic E-state index is 10.2. The van der Waals surface area contributed by atoms with Crippen LogP contribution in [0.3, 0.4) is 0 Å². The van der Waals surface area contributed by atoms with Gasteiger partial charge in [-0.2, -0.15) is 5.26 Å². The Hall–Kier alpha value is -6.31. The van der Waals surface area contributed by atoms with Gasteiger partial charge in [-0.25, -0.2) is 0 Å². The minimum absolute atomic E-state index is 0.654. The fraction of sp³-hybridized carbons (Fsp3) is 0. The average molecular weight is 696 g/mol. The van der Waals surface area contributed by atoms with E-state index in [1.54, 1.807) is 0 Å². The van der Waals surface area contributed by atoms with Crippen molar-refractivity contribution in [3.63, 3.8) is 0 Å². The molecule has 0 aliphatic heterocycles. The molecule has 0 radical (unpaired) electrons. The van der Waals surface area contributed by atoms with Gasteiger partial charge in [-0.05, 0) is 79.9 Å². The summed E-state index contributed by atoms with van der Waals surface area (Å²) in [4.78, 5) is 0. The quantitative estimate of drug-likeness (QED) is 0.176. The summed E-state index contributed by atoms with van der Waals surface area (Å²) < 4.78 is 5.12. The van der Waals surface area contributed by atoms with Gasteiger partial charge in [0, 0.05) is 40.3 Å². The molecule has 0 amide bonds. The van der Waals surface area contributed by atoms with Crippen molar-refractivity contribution in [3.8, 4) is 61.7 Å². The van der Waals surface area contributed by atoms with Crippen LogP contribution in [0.2, 0.25) is 0 Å². The van der Waals surface area contributed by atoms with Crippen LogP contribution in [0.1, 0.15) is 5.56 Å². The Balaban J connectivity index is 1.10. The number of benzene rings is 8. The summed E-state index contributed by atoms with van der Waals surface area (Å²) in [6, 6.07) is 65.3. The van der Waals surface area contributed by atoms with Crippen molar-refractivity contribution < 1.29 is 0 Å². The smallest absolute Gasteiger partial charge is 0.0992 e. The molecular formula is C49H29NS2. The fourth-order valence-electron chi connectivity index (χ4n) is 7.67. The Labute approximate surface area is 309 Å². The first-order valence-electron chi connectivity index (χ1n) is 17.4. The third-order valence-electron chi connectivity index (χ3n) is 10.1. The summed E-state index contributed by atoms with van der Waals surface area (Å²) in [6.45, 7) is 0. The minimum atomic E-state index is 0.654. The van der Waals surface area contributed by atoms with E-state index in [2.05, 4.69) is 170 Å². The third-order valence-corrected chi connectivity index (χ3v) is 12.7. The van der Waals surface area contributed by atoms with Gasteiger partial charge in [0.15, 0.2) is 0 Å². The molecule has 10 rings (SSSR count). The monoisotopic (exact) mass is 695 g/mol. The van der Waals surface area contributed by atoms with Crippen molar-refractivity contribution in [2.45, 2.75) is 0 Å². The summed E-state index contributed by atoms with van der Waals surface area (Å²) in [7, 11) is 0. The lowest BCUT2D eigenvalue weighted by atomic mass is 9.93. The van der Waals surface area contributed by atoms with Crippen molar-refractivity contribution >= 4 is 63.0 Å². The number of thiophene rings is 2. The van der Waals surface area contributed by atoms with Gasteiger partial charge in [0.25, 0.3) is 0 Å². The second kappa shape index (κ2) is 12.5.